The summed E-state index contributed by atoms with van der Waals surface area (Å²) >= 11 is 5.63. The average molecular weight is 229 g/mol. The number of benzene rings is 1. The van der Waals surface area contributed by atoms with Crippen LogP contribution >= 0.6 is 11.6 Å². The Bertz CT molecular complexity index is 560. The molecule has 1 heterocycles. The van der Waals surface area contributed by atoms with Crippen LogP contribution in [0.1, 0.15) is 0 Å². The molecule has 0 atom stereocenters. The van der Waals surface area contributed by atoms with E-state index in [1.807, 2.05) is 0 Å². The molecule has 2 aromatic rings. The quantitative estimate of drug-likeness (QED) is 0.747. The first-order valence-electron chi connectivity index (χ1n) is 3.73. The van der Waals surface area contributed by atoms with Crippen molar-refractivity contribution in [2.75, 3.05) is 0 Å². The van der Waals surface area contributed by atoms with Crippen molar-refractivity contribution in [3.05, 3.63) is 29.5 Å². The van der Waals surface area contributed by atoms with Gasteiger partial charge in [0, 0.05) is 0 Å². The number of rotatable bonds is 1. The Balaban J connectivity index is 2.75. The van der Waals surface area contributed by atoms with Gasteiger partial charge in [-0.05, 0) is 18.2 Å². The zero-order valence-electron chi connectivity index (χ0n) is 6.85. The van der Waals surface area contributed by atoms with Crippen molar-refractivity contribution in [3.8, 4) is 0 Å². The molecule has 0 radical (unpaired) electrons. The summed E-state index contributed by atoms with van der Waals surface area (Å²) < 4.78 is 21.4. The van der Waals surface area contributed by atoms with Crippen LogP contribution in [0.25, 0.3) is 11.0 Å². The monoisotopic (exact) mass is 228 g/mol. The van der Waals surface area contributed by atoms with Crippen molar-refractivity contribution in [2.45, 2.75) is 4.90 Å². The molecule has 1 aromatic carbocycles. The molecule has 0 spiro atoms. The van der Waals surface area contributed by atoms with Crippen molar-refractivity contribution in [1.82, 2.24) is 9.97 Å². The van der Waals surface area contributed by atoms with Gasteiger partial charge in [-0.15, -0.1) is 0 Å². The molecule has 0 aliphatic heterocycles. The van der Waals surface area contributed by atoms with Crippen molar-refractivity contribution >= 4 is 33.3 Å². The van der Waals surface area contributed by atoms with Gasteiger partial charge in [0.1, 0.15) is 5.15 Å². The summed E-state index contributed by atoms with van der Waals surface area (Å²) in [5, 5.41) is 0.246. The molecule has 0 amide bonds. The summed E-state index contributed by atoms with van der Waals surface area (Å²) in [7, 11) is -2.59. The van der Waals surface area contributed by atoms with E-state index in [9.17, 15) is 8.42 Å². The van der Waals surface area contributed by atoms with Crippen LogP contribution in [0.5, 0.6) is 0 Å². The molecule has 2 rings (SSSR count). The molecular weight excluding hydrogens is 224 g/mol. The van der Waals surface area contributed by atoms with Gasteiger partial charge in [0.15, 0.2) is 10.7 Å². The summed E-state index contributed by atoms with van der Waals surface area (Å²) in [5.41, 5.74) is 1.10. The van der Waals surface area contributed by atoms with Gasteiger partial charge in [-0.3, -0.25) is 4.98 Å². The number of nitrogens with zero attached hydrogens (tertiary/aromatic N) is 2. The fraction of sp³-hybridized carbons (Fsp3) is 0. The van der Waals surface area contributed by atoms with Crippen LogP contribution in [0.3, 0.4) is 0 Å². The lowest BCUT2D eigenvalue weighted by molar-refractivity contribution is 0.614. The van der Waals surface area contributed by atoms with E-state index in [4.69, 9.17) is 11.6 Å². The van der Waals surface area contributed by atoms with Crippen molar-refractivity contribution in [2.24, 2.45) is 0 Å². The van der Waals surface area contributed by atoms with Gasteiger partial charge < -0.3 is 0 Å². The molecule has 0 fully saturated rings. The molecule has 0 N–H and O–H groups in total. The minimum absolute atomic E-state index is 0.212. The summed E-state index contributed by atoms with van der Waals surface area (Å²) in [4.78, 5) is 8.16. The smallest absolute Gasteiger partial charge is 0.168 e. The fourth-order valence-electron chi connectivity index (χ4n) is 1.09. The van der Waals surface area contributed by atoms with Gasteiger partial charge in [0.25, 0.3) is 0 Å². The lowest BCUT2D eigenvalue weighted by Gasteiger charge is -1.96. The summed E-state index contributed by atoms with van der Waals surface area (Å²) in [6.45, 7) is 0. The maximum absolute atomic E-state index is 10.7. The van der Waals surface area contributed by atoms with E-state index in [1.54, 1.807) is 6.07 Å². The van der Waals surface area contributed by atoms with Crippen LogP contribution in [-0.4, -0.2) is 18.4 Å². The third-order valence-electron chi connectivity index (χ3n) is 1.71. The van der Waals surface area contributed by atoms with Gasteiger partial charge in [-0.1, -0.05) is 11.6 Å². The van der Waals surface area contributed by atoms with E-state index in [-0.39, 0.29) is 10.0 Å². The van der Waals surface area contributed by atoms with Crippen LogP contribution in [0.15, 0.2) is 29.3 Å². The minimum atomic E-state index is -2.59. The van der Waals surface area contributed by atoms with Gasteiger partial charge in [0.05, 0.1) is 22.1 Å². The summed E-state index contributed by atoms with van der Waals surface area (Å²) in [5.74, 6) is 0. The van der Waals surface area contributed by atoms with Gasteiger partial charge >= 0.3 is 0 Å². The summed E-state index contributed by atoms with van der Waals surface area (Å²) in [6.07, 6.45) is 1.42. The fourth-order valence-corrected chi connectivity index (χ4v) is 1.65. The maximum Gasteiger partial charge on any atom is 0.168 e. The third kappa shape index (κ3) is 1.69. The molecule has 72 valence electrons. The van der Waals surface area contributed by atoms with Crippen LogP contribution in [-0.2, 0) is 10.7 Å². The SMILES string of the molecule is O=[SH](=O)c1ccc2ncc(Cl)nc2c1. The first-order chi connectivity index (χ1) is 6.66. The Morgan fingerprint density at radius 3 is 2.71 bits per heavy atom. The number of halogens is 1. The Hall–Kier alpha value is -1.20. The predicted octanol–water partition coefficient (Wildman–Crippen LogP) is 1.25. The second kappa shape index (κ2) is 3.51. The molecule has 0 aliphatic rings. The van der Waals surface area contributed by atoms with Crippen LogP contribution < -0.4 is 0 Å². The first-order valence-corrected chi connectivity index (χ1v) is 5.29. The topological polar surface area (TPSA) is 59.9 Å². The molecule has 4 nitrogen and oxygen atoms in total. The molecular formula is C8H5ClN2O2S. The van der Waals surface area contributed by atoms with Crippen LogP contribution in [0.2, 0.25) is 5.15 Å². The van der Waals surface area contributed by atoms with E-state index in [1.165, 1.54) is 18.3 Å². The normalized spacial score (nSPS) is 11.0. The van der Waals surface area contributed by atoms with E-state index >= 15 is 0 Å². The molecule has 0 saturated heterocycles. The Morgan fingerprint density at radius 2 is 2.00 bits per heavy atom. The highest BCUT2D eigenvalue weighted by Gasteiger charge is 2.01. The molecule has 0 unspecified atom stereocenters. The zero-order valence-corrected chi connectivity index (χ0v) is 8.50. The Morgan fingerprint density at radius 1 is 1.21 bits per heavy atom. The third-order valence-corrected chi connectivity index (χ3v) is 2.59. The second-order valence-corrected chi connectivity index (χ2v) is 4.04. The zero-order chi connectivity index (χ0) is 10.1. The second-order valence-electron chi connectivity index (χ2n) is 2.62. The number of fused-ring (bicyclic) bond motifs is 1. The Kier molecular flexibility index (Phi) is 2.35. The Labute approximate surface area is 86.5 Å². The standard InChI is InChI=1S/C8H5ClN2O2S/c9-8-4-10-6-2-1-5(14(12)13)3-7(6)11-8/h1-4,14H. The van der Waals surface area contributed by atoms with Crippen molar-refractivity contribution < 1.29 is 8.42 Å². The average Bonchev–Trinajstić information content (AvgIpc) is 2.16. The lowest BCUT2D eigenvalue weighted by atomic mass is 10.3. The van der Waals surface area contributed by atoms with E-state index in [0.717, 1.165) is 0 Å². The van der Waals surface area contributed by atoms with Gasteiger partial charge in [0.2, 0.25) is 0 Å². The number of thiol groups is 1. The molecule has 6 heteroatoms. The maximum atomic E-state index is 10.7. The summed E-state index contributed by atoms with van der Waals surface area (Å²) in [6, 6.07) is 4.52. The van der Waals surface area contributed by atoms with E-state index in [2.05, 4.69) is 9.97 Å². The molecule has 0 aliphatic carbocycles. The number of hydrogen-bond acceptors (Lipinski definition) is 4. The largest absolute Gasteiger partial charge is 0.251 e. The number of aromatic nitrogens is 2. The lowest BCUT2D eigenvalue weighted by Crippen LogP contribution is -1.86. The molecule has 1 aromatic heterocycles. The highest BCUT2D eigenvalue weighted by Crippen LogP contribution is 2.14. The predicted molar refractivity (Wildman–Crippen MR) is 53.1 cm³/mol. The van der Waals surface area contributed by atoms with E-state index < -0.39 is 10.7 Å². The van der Waals surface area contributed by atoms with Gasteiger partial charge in [-0.25, -0.2) is 13.4 Å². The van der Waals surface area contributed by atoms with Crippen molar-refractivity contribution in [3.63, 3.8) is 0 Å². The molecule has 14 heavy (non-hydrogen) atoms. The van der Waals surface area contributed by atoms with Gasteiger partial charge in [-0.2, -0.15) is 0 Å². The van der Waals surface area contributed by atoms with Crippen LogP contribution in [0.4, 0.5) is 0 Å². The van der Waals surface area contributed by atoms with E-state index in [0.29, 0.717) is 11.0 Å². The highest BCUT2D eigenvalue weighted by molar-refractivity contribution is 7.72. The molecule has 0 bridgehead atoms. The molecule has 0 saturated carbocycles. The minimum Gasteiger partial charge on any atom is -0.251 e. The highest BCUT2D eigenvalue weighted by atomic mass is 35.5. The first kappa shape index (κ1) is 9.36. The van der Waals surface area contributed by atoms with Crippen molar-refractivity contribution in [1.29, 1.82) is 0 Å². The number of hydrogen-bond donors (Lipinski definition) is 1. The van der Waals surface area contributed by atoms with Crippen LogP contribution in [0, 0.1) is 0 Å².